The Hall–Kier alpha value is -2.07. The second kappa shape index (κ2) is 5.92. The molecular weight excluding hydrogens is 254 g/mol. The Balaban J connectivity index is 1.62. The molecule has 0 spiro atoms. The number of carbonyl (C=O) groups is 1. The van der Waals surface area contributed by atoms with E-state index in [1.807, 2.05) is 36.4 Å². The van der Waals surface area contributed by atoms with Crippen molar-refractivity contribution in [3.63, 3.8) is 0 Å². The van der Waals surface area contributed by atoms with Crippen LogP contribution in [0.25, 0.3) is 11.3 Å². The van der Waals surface area contributed by atoms with Crippen LogP contribution in [0.3, 0.4) is 0 Å². The van der Waals surface area contributed by atoms with Crippen molar-refractivity contribution in [3.05, 3.63) is 48.2 Å². The van der Waals surface area contributed by atoms with Gasteiger partial charge in [-0.25, -0.2) is 0 Å². The van der Waals surface area contributed by atoms with Gasteiger partial charge in [-0.15, -0.1) is 0 Å². The monoisotopic (exact) mass is 271 g/mol. The van der Waals surface area contributed by atoms with Crippen LogP contribution in [-0.2, 0) is 4.74 Å². The van der Waals surface area contributed by atoms with Crippen LogP contribution in [0.4, 0.5) is 0 Å². The first-order valence-electron chi connectivity index (χ1n) is 6.88. The van der Waals surface area contributed by atoms with Crippen LogP contribution in [-0.4, -0.2) is 25.2 Å². The molecule has 1 aromatic carbocycles. The zero-order chi connectivity index (χ0) is 13.8. The minimum Gasteiger partial charge on any atom is -0.451 e. The summed E-state index contributed by atoms with van der Waals surface area (Å²) in [4.78, 5) is 12.0. The molecule has 1 atom stereocenters. The molecule has 4 heteroatoms. The quantitative estimate of drug-likeness (QED) is 0.930. The van der Waals surface area contributed by atoms with E-state index in [0.29, 0.717) is 18.1 Å². The summed E-state index contributed by atoms with van der Waals surface area (Å²) in [6, 6.07) is 13.2. The zero-order valence-electron chi connectivity index (χ0n) is 11.2. The van der Waals surface area contributed by atoms with Gasteiger partial charge in [0.05, 0.1) is 6.10 Å². The Labute approximate surface area is 117 Å². The highest BCUT2D eigenvalue weighted by Crippen LogP contribution is 2.21. The van der Waals surface area contributed by atoms with E-state index in [1.54, 1.807) is 6.07 Å². The molecule has 4 nitrogen and oxygen atoms in total. The van der Waals surface area contributed by atoms with Gasteiger partial charge in [0.15, 0.2) is 5.76 Å². The summed E-state index contributed by atoms with van der Waals surface area (Å²) in [6.07, 6.45) is 2.22. The van der Waals surface area contributed by atoms with Crippen LogP contribution < -0.4 is 5.32 Å². The topological polar surface area (TPSA) is 51.5 Å². The molecule has 0 aliphatic carbocycles. The Morgan fingerprint density at radius 3 is 2.80 bits per heavy atom. The molecule has 1 aliphatic rings. The van der Waals surface area contributed by atoms with Gasteiger partial charge < -0.3 is 14.5 Å². The molecule has 1 aliphatic heterocycles. The highest BCUT2D eigenvalue weighted by Gasteiger charge is 2.18. The number of benzene rings is 1. The first-order chi connectivity index (χ1) is 9.83. The van der Waals surface area contributed by atoms with Crippen LogP contribution >= 0.6 is 0 Å². The predicted molar refractivity (Wildman–Crippen MR) is 75.5 cm³/mol. The van der Waals surface area contributed by atoms with Crippen LogP contribution in [0, 0.1) is 0 Å². The Morgan fingerprint density at radius 2 is 2.05 bits per heavy atom. The SMILES string of the molecule is O=C(NCC1CCCO1)c1ccc(-c2ccccc2)o1. The second-order valence-corrected chi connectivity index (χ2v) is 4.87. The van der Waals surface area contributed by atoms with Gasteiger partial charge in [0.2, 0.25) is 0 Å². The van der Waals surface area contributed by atoms with E-state index < -0.39 is 0 Å². The average Bonchev–Trinajstić information content (AvgIpc) is 3.17. The fourth-order valence-electron chi connectivity index (χ4n) is 2.32. The summed E-state index contributed by atoms with van der Waals surface area (Å²) in [6.45, 7) is 1.33. The zero-order valence-corrected chi connectivity index (χ0v) is 11.2. The van der Waals surface area contributed by atoms with E-state index in [9.17, 15) is 4.79 Å². The molecular formula is C16H17NO3. The normalized spacial score (nSPS) is 18.1. The maximum Gasteiger partial charge on any atom is 0.287 e. The van der Waals surface area contributed by atoms with Gasteiger partial charge in [-0.05, 0) is 25.0 Å². The van der Waals surface area contributed by atoms with Crippen molar-refractivity contribution in [1.29, 1.82) is 0 Å². The molecule has 2 aromatic rings. The number of furan rings is 1. The molecule has 104 valence electrons. The van der Waals surface area contributed by atoms with Crippen LogP contribution in [0.15, 0.2) is 46.9 Å². The third-order valence-corrected chi connectivity index (χ3v) is 3.40. The van der Waals surface area contributed by atoms with Gasteiger partial charge in [0.1, 0.15) is 5.76 Å². The minimum absolute atomic E-state index is 0.141. The van der Waals surface area contributed by atoms with E-state index in [-0.39, 0.29) is 12.0 Å². The van der Waals surface area contributed by atoms with Crippen molar-refractivity contribution in [3.8, 4) is 11.3 Å². The molecule has 20 heavy (non-hydrogen) atoms. The number of ether oxygens (including phenoxy) is 1. The van der Waals surface area contributed by atoms with Crippen LogP contribution in [0.1, 0.15) is 23.4 Å². The number of rotatable bonds is 4. The van der Waals surface area contributed by atoms with Crippen molar-refractivity contribution >= 4 is 5.91 Å². The van der Waals surface area contributed by atoms with E-state index in [4.69, 9.17) is 9.15 Å². The molecule has 1 amide bonds. The number of hydrogen-bond donors (Lipinski definition) is 1. The Bertz CT molecular complexity index is 570. The van der Waals surface area contributed by atoms with Gasteiger partial charge in [-0.2, -0.15) is 0 Å². The fourth-order valence-corrected chi connectivity index (χ4v) is 2.32. The first-order valence-corrected chi connectivity index (χ1v) is 6.88. The lowest BCUT2D eigenvalue weighted by Crippen LogP contribution is -2.31. The lowest BCUT2D eigenvalue weighted by atomic mass is 10.2. The van der Waals surface area contributed by atoms with Crippen molar-refractivity contribution in [2.24, 2.45) is 0 Å². The maximum atomic E-state index is 12.0. The number of hydrogen-bond acceptors (Lipinski definition) is 3. The Kier molecular flexibility index (Phi) is 3.83. The number of carbonyl (C=O) groups excluding carboxylic acids is 1. The van der Waals surface area contributed by atoms with E-state index in [1.165, 1.54) is 0 Å². The molecule has 1 fully saturated rings. The molecule has 0 bridgehead atoms. The lowest BCUT2D eigenvalue weighted by Gasteiger charge is -2.09. The number of nitrogens with one attached hydrogen (secondary N) is 1. The fraction of sp³-hybridized carbons (Fsp3) is 0.312. The molecule has 0 radical (unpaired) electrons. The van der Waals surface area contributed by atoms with Gasteiger partial charge in [0.25, 0.3) is 5.91 Å². The standard InChI is InChI=1S/C16H17NO3/c18-16(17-11-13-7-4-10-19-13)15-9-8-14(20-15)12-5-2-1-3-6-12/h1-3,5-6,8-9,13H,4,7,10-11H2,(H,17,18). The minimum atomic E-state index is -0.192. The summed E-state index contributed by atoms with van der Waals surface area (Å²) in [5.41, 5.74) is 0.964. The summed E-state index contributed by atoms with van der Waals surface area (Å²) in [7, 11) is 0. The van der Waals surface area contributed by atoms with Crippen molar-refractivity contribution < 1.29 is 13.9 Å². The molecule has 1 aromatic heterocycles. The lowest BCUT2D eigenvalue weighted by molar-refractivity contribution is 0.0836. The van der Waals surface area contributed by atoms with Crippen molar-refractivity contribution in [2.75, 3.05) is 13.2 Å². The van der Waals surface area contributed by atoms with Gasteiger partial charge in [0, 0.05) is 18.7 Å². The molecule has 1 unspecified atom stereocenters. The van der Waals surface area contributed by atoms with Gasteiger partial charge in [-0.1, -0.05) is 30.3 Å². The second-order valence-electron chi connectivity index (χ2n) is 4.87. The first kappa shape index (κ1) is 12.9. The highest BCUT2D eigenvalue weighted by molar-refractivity contribution is 5.92. The van der Waals surface area contributed by atoms with E-state index >= 15 is 0 Å². The van der Waals surface area contributed by atoms with Crippen LogP contribution in [0.2, 0.25) is 0 Å². The number of amides is 1. The summed E-state index contributed by atoms with van der Waals surface area (Å²) < 4.78 is 11.1. The third kappa shape index (κ3) is 2.91. The molecule has 1 saturated heterocycles. The summed E-state index contributed by atoms with van der Waals surface area (Å²) >= 11 is 0. The molecule has 0 saturated carbocycles. The Morgan fingerprint density at radius 1 is 1.20 bits per heavy atom. The van der Waals surface area contributed by atoms with Crippen molar-refractivity contribution in [2.45, 2.75) is 18.9 Å². The smallest absolute Gasteiger partial charge is 0.287 e. The van der Waals surface area contributed by atoms with Gasteiger partial charge in [-0.3, -0.25) is 4.79 Å². The summed E-state index contributed by atoms with van der Waals surface area (Å²) in [5.74, 6) is 0.845. The van der Waals surface area contributed by atoms with E-state index in [0.717, 1.165) is 25.0 Å². The van der Waals surface area contributed by atoms with E-state index in [2.05, 4.69) is 5.32 Å². The largest absolute Gasteiger partial charge is 0.451 e. The highest BCUT2D eigenvalue weighted by atomic mass is 16.5. The van der Waals surface area contributed by atoms with Crippen LogP contribution in [0.5, 0.6) is 0 Å². The summed E-state index contributed by atoms with van der Waals surface area (Å²) in [5, 5.41) is 2.85. The average molecular weight is 271 g/mol. The molecule has 1 N–H and O–H groups in total. The maximum absolute atomic E-state index is 12.0. The molecule has 2 heterocycles. The van der Waals surface area contributed by atoms with Crippen molar-refractivity contribution in [1.82, 2.24) is 5.32 Å². The van der Waals surface area contributed by atoms with Gasteiger partial charge >= 0.3 is 0 Å². The third-order valence-electron chi connectivity index (χ3n) is 3.40. The molecule has 3 rings (SSSR count). The predicted octanol–water partition coefficient (Wildman–Crippen LogP) is 2.86.